The van der Waals surface area contributed by atoms with E-state index >= 15 is 0 Å². The van der Waals surface area contributed by atoms with Crippen LogP contribution in [0.1, 0.15) is 49.3 Å². The third kappa shape index (κ3) is 3.03. The molecule has 0 aliphatic heterocycles. The number of amides is 1. The highest BCUT2D eigenvalue weighted by atomic mass is 16.3. The smallest absolute Gasteiger partial charge is 0.224 e. The summed E-state index contributed by atoms with van der Waals surface area (Å²) in [5.74, 6) is 0.915. The summed E-state index contributed by atoms with van der Waals surface area (Å²) in [5.41, 5.74) is 4.27. The summed E-state index contributed by atoms with van der Waals surface area (Å²) in [4.78, 5) is 12.3. The third-order valence-corrected chi connectivity index (χ3v) is 5.07. The number of aryl methyl sites for hydroxylation is 2. The molecule has 0 saturated heterocycles. The second-order valence-corrected chi connectivity index (χ2v) is 6.85. The number of benzene rings is 1. The van der Waals surface area contributed by atoms with E-state index in [0.717, 1.165) is 40.9 Å². The molecule has 0 atom stereocenters. The highest BCUT2D eigenvalue weighted by Gasteiger charge is 2.20. The molecule has 2 aromatic rings. The Morgan fingerprint density at radius 3 is 2.68 bits per heavy atom. The lowest BCUT2D eigenvalue weighted by atomic mass is 9.87. The molecule has 3 heteroatoms. The molecule has 3 nitrogen and oxygen atoms in total. The van der Waals surface area contributed by atoms with Crippen molar-refractivity contribution < 1.29 is 9.21 Å². The van der Waals surface area contributed by atoms with Gasteiger partial charge in [-0.15, -0.1) is 0 Å². The molecule has 1 aliphatic rings. The van der Waals surface area contributed by atoms with Crippen molar-refractivity contribution in [1.29, 1.82) is 0 Å². The highest BCUT2D eigenvalue weighted by molar-refractivity contribution is 5.89. The molecular weight excluding hydrogens is 274 g/mol. The quantitative estimate of drug-likeness (QED) is 0.918. The number of fused-ring (bicyclic) bond motifs is 1. The van der Waals surface area contributed by atoms with Crippen LogP contribution in [0.25, 0.3) is 11.0 Å². The van der Waals surface area contributed by atoms with Gasteiger partial charge >= 0.3 is 0 Å². The summed E-state index contributed by atoms with van der Waals surface area (Å²) in [6.07, 6.45) is 6.80. The van der Waals surface area contributed by atoms with Crippen molar-refractivity contribution in [2.45, 2.75) is 58.9 Å². The van der Waals surface area contributed by atoms with Gasteiger partial charge in [0.15, 0.2) is 0 Å². The van der Waals surface area contributed by atoms with Gasteiger partial charge in [0.25, 0.3) is 0 Å². The fraction of sp³-hybridized carbons (Fsp3) is 0.526. The number of hydrogen-bond acceptors (Lipinski definition) is 2. The third-order valence-electron chi connectivity index (χ3n) is 5.07. The van der Waals surface area contributed by atoms with Crippen LogP contribution < -0.4 is 5.32 Å². The minimum atomic E-state index is 0.112. The zero-order valence-corrected chi connectivity index (χ0v) is 13.7. The summed E-state index contributed by atoms with van der Waals surface area (Å²) >= 11 is 0. The zero-order valence-electron chi connectivity index (χ0n) is 13.7. The van der Waals surface area contributed by atoms with Gasteiger partial charge in [-0.2, -0.15) is 0 Å². The van der Waals surface area contributed by atoms with E-state index in [1.165, 1.54) is 18.4 Å². The lowest BCUT2D eigenvalue weighted by Gasteiger charge is -2.26. The Balaban J connectivity index is 1.68. The van der Waals surface area contributed by atoms with Crippen molar-refractivity contribution >= 4 is 16.9 Å². The van der Waals surface area contributed by atoms with Crippen molar-refractivity contribution in [2.24, 2.45) is 5.92 Å². The largest absolute Gasteiger partial charge is 0.464 e. The highest BCUT2D eigenvalue weighted by Crippen LogP contribution is 2.27. The first-order valence-electron chi connectivity index (χ1n) is 8.30. The predicted octanol–water partition coefficient (Wildman–Crippen LogP) is 4.29. The van der Waals surface area contributed by atoms with Gasteiger partial charge in [-0.1, -0.05) is 19.1 Å². The number of hydrogen-bond donors (Lipinski definition) is 1. The van der Waals surface area contributed by atoms with Crippen LogP contribution >= 0.6 is 0 Å². The topological polar surface area (TPSA) is 42.2 Å². The first kappa shape index (κ1) is 15.1. The number of carbonyl (C=O) groups is 1. The molecule has 1 aromatic heterocycles. The van der Waals surface area contributed by atoms with E-state index in [0.29, 0.717) is 12.5 Å². The van der Waals surface area contributed by atoms with Gasteiger partial charge in [0.05, 0.1) is 12.7 Å². The van der Waals surface area contributed by atoms with Crippen LogP contribution in [-0.2, 0) is 11.2 Å². The molecule has 1 heterocycles. The lowest BCUT2D eigenvalue weighted by Crippen LogP contribution is -2.38. The van der Waals surface area contributed by atoms with Gasteiger partial charge < -0.3 is 9.73 Å². The first-order chi connectivity index (χ1) is 10.5. The standard InChI is InChI=1S/C19H25NO2/c1-12-4-7-16(8-5-12)20-18(21)10-15-11-22-19-14(3)13(2)6-9-17(15)19/h6,9,11-12,16H,4-5,7-8,10H2,1-3H3,(H,20,21). The molecule has 1 aromatic carbocycles. The van der Waals surface area contributed by atoms with Gasteiger partial charge in [0.2, 0.25) is 5.91 Å². The Labute approximate surface area is 132 Å². The average Bonchev–Trinajstić information content (AvgIpc) is 2.89. The molecule has 0 spiro atoms. The van der Waals surface area contributed by atoms with Crippen molar-refractivity contribution in [3.8, 4) is 0 Å². The van der Waals surface area contributed by atoms with E-state index in [1.807, 2.05) is 0 Å². The molecule has 1 saturated carbocycles. The monoisotopic (exact) mass is 299 g/mol. The van der Waals surface area contributed by atoms with Crippen LogP contribution in [0, 0.1) is 19.8 Å². The van der Waals surface area contributed by atoms with Gasteiger partial charge in [0.1, 0.15) is 5.58 Å². The maximum Gasteiger partial charge on any atom is 0.224 e. The molecular formula is C19H25NO2. The zero-order chi connectivity index (χ0) is 15.7. The Kier molecular flexibility index (Phi) is 4.23. The SMILES string of the molecule is Cc1ccc2c(CC(=O)NC3CCC(C)CC3)coc2c1C. The number of furan rings is 1. The van der Waals surface area contributed by atoms with Gasteiger partial charge in [0, 0.05) is 17.0 Å². The molecule has 1 N–H and O–H groups in total. The molecule has 0 bridgehead atoms. The average molecular weight is 299 g/mol. The number of carbonyl (C=O) groups excluding carboxylic acids is 1. The summed E-state index contributed by atoms with van der Waals surface area (Å²) in [5, 5.41) is 4.25. The van der Waals surface area contributed by atoms with Crippen molar-refractivity contribution in [1.82, 2.24) is 5.32 Å². The molecule has 118 valence electrons. The van der Waals surface area contributed by atoms with Crippen molar-refractivity contribution in [3.05, 3.63) is 35.1 Å². The van der Waals surface area contributed by atoms with E-state index in [9.17, 15) is 4.79 Å². The van der Waals surface area contributed by atoms with E-state index in [4.69, 9.17) is 4.42 Å². The molecule has 22 heavy (non-hydrogen) atoms. The number of nitrogens with one attached hydrogen (secondary N) is 1. The van der Waals surface area contributed by atoms with Crippen LogP contribution in [-0.4, -0.2) is 11.9 Å². The Morgan fingerprint density at radius 1 is 1.23 bits per heavy atom. The Hall–Kier alpha value is -1.77. The van der Waals surface area contributed by atoms with Crippen molar-refractivity contribution in [3.63, 3.8) is 0 Å². The molecule has 1 fully saturated rings. The minimum absolute atomic E-state index is 0.112. The summed E-state index contributed by atoms with van der Waals surface area (Å²) < 4.78 is 5.69. The van der Waals surface area contributed by atoms with Gasteiger partial charge in [-0.25, -0.2) is 0 Å². The molecule has 1 amide bonds. The van der Waals surface area contributed by atoms with Crippen LogP contribution in [0.4, 0.5) is 0 Å². The predicted molar refractivity (Wildman–Crippen MR) is 89.0 cm³/mol. The Bertz CT molecular complexity index is 678. The van der Waals surface area contributed by atoms with Gasteiger partial charge in [-0.3, -0.25) is 4.79 Å². The lowest BCUT2D eigenvalue weighted by molar-refractivity contribution is -0.121. The molecule has 0 radical (unpaired) electrons. The second-order valence-electron chi connectivity index (χ2n) is 6.85. The second kappa shape index (κ2) is 6.15. The van der Waals surface area contributed by atoms with E-state index in [2.05, 4.69) is 38.2 Å². The summed E-state index contributed by atoms with van der Waals surface area (Å²) in [6, 6.07) is 4.51. The normalized spacial score (nSPS) is 22.0. The molecule has 0 unspecified atom stereocenters. The van der Waals surface area contributed by atoms with Crippen molar-refractivity contribution in [2.75, 3.05) is 0 Å². The minimum Gasteiger partial charge on any atom is -0.464 e. The van der Waals surface area contributed by atoms with E-state index in [-0.39, 0.29) is 5.91 Å². The maximum absolute atomic E-state index is 12.3. The fourth-order valence-electron chi connectivity index (χ4n) is 3.38. The van der Waals surface area contributed by atoms with Crippen LogP contribution in [0.15, 0.2) is 22.8 Å². The van der Waals surface area contributed by atoms with E-state index in [1.54, 1.807) is 6.26 Å². The summed E-state index contributed by atoms with van der Waals surface area (Å²) in [7, 11) is 0. The van der Waals surface area contributed by atoms with Crippen LogP contribution in [0.2, 0.25) is 0 Å². The van der Waals surface area contributed by atoms with E-state index < -0.39 is 0 Å². The fourth-order valence-corrected chi connectivity index (χ4v) is 3.38. The Morgan fingerprint density at radius 2 is 1.95 bits per heavy atom. The van der Waals surface area contributed by atoms with Gasteiger partial charge in [-0.05, 0) is 56.6 Å². The van der Waals surface area contributed by atoms with Crippen LogP contribution in [0.5, 0.6) is 0 Å². The maximum atomic E-state index is 12.3. The summed E-state index contributed by atoms with van der Waals surface area (Å²) in [6.45, 7) is 6.43. The molecule has 1 aliphatic carbocycles. The van der Waals surface area contributed by atoms with Crippen LogP contribution in [0.3, 0.4) is 0 Å². The number of rotatable bonds is 3. The first-order valence-corrected chi connectivity index (χ1v) is 8.30. The molecule has 3 rings (SSSR count).